The standard InChI is InChI=1S/C22H26F2N2O/c1-13(26-22(27)16-10-18(24)11-16)14-2-4-15(5-3-14)19-8-9-25-21-7-6-17(23)12-20(19)21/h6-9,12-16,18H,2-5,10-11H2,1H3,(H,26,27)/t13-,14?,15?,16?,18?/m0/s1. The fraction of sp³-hybridized carbons (Fsp3) is 0.545. The number of fused-ring (bicyclic) bond motifs is 1. The maximum absolute atomic E-state index is 13.7. The van der Waals surface area contributed by atoms with E-state index in [0.29, 0.717) is 24.7 Å². The summed E-state index contributed by atoms with van der Waals surface area (Å²) < 4.78 is 26.7. The van der Waals surface area contributed by atoms with Crippen molar-refractivity contribution in [3.63, 3.8) is 0 Å². The summed E-state index contributed by atoms with van der Waals surface area (Å²) in [6.45, 7) is 2.06. The maximum atomic E-state index is 13.7. The zero-order valence-electron chi connectivity index (χ0n) is 15.6. The summed E-state index contributed by atoms with van der Waals surface area (Å²) >= 11 is 0. The lowest BCUT2D eigenvalue weighted by molar-refractivity contribution is -0.130. The predicted octanol–water partition coefficient (Wildman–Crippen LogP) is 4.90. The normalized spacial score (nSPS) is 29.1. The highest BCUT2D eigenvalue weighted by Gasteiger charge is 2.36. The summed E-state index contributed by atoms with van der Waals surface area (Å²) in [5.41, 5.74) is 2.02. The van der Waals surface area contributed by atoms with E-state index >= 15 is 0 Å². The zero-order valence-corrected chi connectivity index (χ0v) is 15.6. The van der Waals surface area contributed by atoms with E-state index in [9.17, 15) is 13.6 Å². The van der Waals surface area contributed by atoms with Crippen LogP contribution in [0.3, 0.4) is 0 Å². The lowest BCUT2D eigenvalue weighted by atomic mass is 9.75. The number of nitrogens with zero attached hydrogens (tertiary/aromatic N) is 1. The molecule has 1 amide bonds. The molecule has 1 aromatic heterocycles. The second kappa shape index (κ2) is 7.53. The van der Waals surface area contributed by atoms with Crippen LogP contribution in [0.25, 0.3) is 10.9 Å². The molecule has 0 bridgehead atoms. The number of pyridine rings is 1. The Morgan fingerprint density at radius 3 is 2.63 bits per heavy atom. The minimum atomic E-state index is -0.800. The molecule has 0 aliphatic heterocycles. The van der Waals surface area contributed by atoms with Crippen molar-refractivity contribution in [2.75, 3.05) is 0 Å². The van der Waals surface area contributed by atoms with Gasteiger partial charge in [-0.05, 0) is 87.1 Å². The third kappa shape index (κ3) is 3.83. The molecule has 0 unspecified atom stereocenters. The summed E-state index contributed by atoms with van der Waals surface area (Å²) in [6, 6.07) is 6.90. The van der Waals surface area contributed by atoms with Crippen LogP contribution in [0.15, 0.2) is 30.5 Å². The summed E-state index contributed by atoms with van der Waals surface area (Å²) in [4.78, 5) is 16.5. The Morgan fingerprint density at radius 1 is 1.19 bits per heavy atom. The van der Waals surface area contributed by atoms with E-state index in [4.69, 9.17) is 0 Å². The number of alkyl halides is 1. The number of benzene rings is 1. The van der Waals surface area contributed by atoms with Crippen molar-refractivity contribution in [2.45, 2.75) is 63.6 Å². The van der Waals surface area contributed by atoms with Gasteiger partial charge in [-0.25, -0.2) is 8.78 Å². The lowest BCUT2D eigenvalue weighted by Crippen LogP contribution is -2.46. The second-order valence-electron chi connectivity index (χ2n) is 8.24. The molecular weight excluding hydrogens is 346 g/mol. The Kier molecular flexibility index (Phi) is 5.11. The van der Waals surface area contributed by atoms with Crippen molar-refractivity contribution < 1.29 is 13.6 Å². The minimum absolute atomic E-state index is 0.00845. The van der Waals surface area contributed by atoms with Crippen LogP contribution in [0.4, 0.5) is 8.78 Å². The first-order chi connectivity index (χ1) is 13.0. The van der Waals surface area contributed by atoms with Gasteiger partial charge in [-0.1, -0.05) is 0 Å². The molecular formula is C22H26F2N2O. The molecule has 1 N–H and O–H groups in total. The molecule has 5 heteroatoms. The molecule has 0 saturated heterocycles. The average Bonchev–Trinajstić information content (AvgIpc) is 2.65. The molecule has 2 aromatic rings. The van der Waals surface area contributed by atoms with Gasteiger partial charge in [-0.3, -0.25) is 9.78 Å². The topological polar surface area (TPSA) is 42.0 Å². The van der Waals surface area contributed by atoms with Crippen LogP contribution in [0.1, 0.15) is 56.9 Å². The molecule has 2 aliphatic rings. The molecule has 2 saturated carbocycles. The Balaban J connectivity index is 1.38. The number of aromatic nitrogens is 1. The summed E-state index contributed by atoms with van der Waals surface area (Å²) in [7, 11) is 0. The van der Waals surface area contributed by atoms with Crippen molar-refractivity contribution in [2.24, 2.45) is 11.8 Å². The Bertz CT molecular complexity index is 826. The van der Waals surface area contributed by atoms with Crippen molar-refractivity contribution in [3.8, 4) is 0 Å². The fourth-order valence-electron chi connectivity index (χ4n) is 4.65. The van der Waals surface area contributed by atoms with Crippen molar-refractivity contribution in [1.82, 2.24) is 10.3 Å². The van der Waals surface area contributed by atoms with Crippen LogP contribution >= 0.6 is 0 Å². The Hall–Kier alpha value is -2.04. The van der Waals surface area contributed by atoms with Gasteiger partial charge in [0.2, 0.25) is 5.91 Å². The molecule has 1 atom stereocenters. The van der Waals surface area contributed by atoms with Gasteiger partial charge in [-0.15, -0.1) is 0 Å². The number of rotatable bonds is 4. The first kappa shape index (κ1) is 18.3. The van der Waals surface area contributed by atoms with Gasteiger partial charge in [0.1, 0.15) is 12.0 Å². The molecule has 2 aliphatic carbocycles. The van der Waals surface area contributed by atoms with E-state index in [1.807, 2.05) is 6.07 Å². The highest BCUT2D eigenvalue weighted by molar-refractivity contribution is 5.82. The van der Waals surface area contributed by atoms with Crippen molar-refractivity contribution in [3.05, 3.63) is 41.8 Å². The van der Waals surface area contributed by atoms with Gasteiger partial charge >= 0.3 is 0 Å². The number of halogens is 2. The van der Waals surface area contributed by atoms with Crippen LogP contribution in [-0.4, -0.2) is 23.1 Å². The van der Waals surface area contributed by atoms with Gasteiger partial charge in [0.05, 0.1) is 5.52 Å². The molecule has 144 valence electrons. The molecule has 4 rings (SSSR count). The first-order valence-electron chi connectivity index (χ1n) is 10.00. The predicted molar refractivity (Wildman–Crippen MR) is 102 cm³/mol. The van der Waals surface area contributed by atoms with Crippen molar-refractivity contribution in [1.29, 1.82) is 0 Å². The van der Waals surface area contributed by atoms with Crippen molar-refractivity contribution >= 4 is 16.8 Å². The minimum Gasteiger partial charge on any atom is -0.353 e. The molecule has 0 radical (unpaired) electrons. The molecule has 1 heterocycles. The van der Waals surface area contributed by atoms with Crippen LogP contribution < -0.4 is 5.32 Å². The number of carbonyl (C=O) groups excluding carboxylic acids is 1. The van der Waals surface area contributed by atoms with E-state index < -0.39 is 6.17 Å². The Labute approximate surface area is 158 Å². The van der Waals surface area contributed by atoms with Gasteiger partial charge in [-0.2, -0.15) is 0 Å². The highest BCUT2D eigenvalue weighted by Crippen LogP contribution is 2.39. The lowest BCUT2D eigenvalue weighted by Gasteiger charge is -2.35. The van der Waals surface area contributed by atoms with E-state index in [0.717, 1.165) is 36.6 Å². The van der Waals surface area contributed by atoms with Gasteiger partial charge in [0.25, 0.3) is 0 Å². The Morgan fingerprint density at radius 2 is 1.93 bits per heavy atom. The second-order valence-corrected chi connectivity index (χ2v) is 8.24. The molecule has 1 aromatic carbocycles. The molecule has 27 heavy (non-hydrogen) atoms. The SMILES string of the molecule is C[C@H](NC(=O)C1CC(F)C1)C1CCC(c2ccnc3ccc(F)cc23)CC1. The smallest absolute Gasteiger partial charge is 0.223 e. The third-order valence-electron chi connectivity index (χ3n) is 6.48. The zero-order chi connectivity index (χ0) is 19.0. The van der Waals surface area contributed by atoms with E-state index in [-0.39, 0.29) is 23.7 Å². The monoisotopic (exact) mass is 372 g/mol. The largest absolute Gasteiger partial charge is 0.353 e. The van der Waals surface area contributed by atoms with Gasteiger partial charge < -0.3 is 5.32 Å². The number of carbonyl (C=O) groups is 1. The molecule has 3 nitrogen and oxygen atoms in total. The first-order valence-corrected chi connectivity index (χ1v) is 10.00. The number of hydrogen-bond acceptors (Lipinski definition) is 2. The van der Waals surface area contributed by atoms with Crippen LogP contribution in [0.2, 0.25) is 0 Å². The summed E-state index contributed by atoms with van der Waals surface area (Å²) in [5, 5.41) is 4.01. The van der Waals surface area contributed by atoms with Gasteiger partial charge in [0.15, 0.2) is 0 Å². The number of hydrogen-bond donors (Lipinski definition) is 1. The van der Waals surface area contributed by atoms with Crippen LogP contribution in [0, 0.1) is 17.7 Å². The average molecular weight is 372 g/mol. The maximum Gasteiger partial charge on any atom is 0.223 e. The van der Waals surface area contributed by atoms with Crippen LogP contribution in [0.5, 0.6) is 0 Å². The van der Waals surface area contributed by atoms with Crippen LogP contribution in [-0.2, 0) is 4.79 Å². The third-order valence-corrected chi connectivity index (χ3v) is 6.48. The molecule has 2 fully saturated rings. The van der Waals surface area contributed by atoms with Gasteiger partial charge in [0, 0.05) is 23.5 Å². The summed E-state index contributed by atoms with van der Waals surface area (Å²) in [5.74, 6) is 0.478. The highest BCUT2D eigenvalue weighted by atomic mass is 19.1. The number of amides is 1. The molecule has 0 spiro atoms. The van der Waals surface area contributed by atoms with E-state index in [2.05, 4.69) is 17.2 Å². The van der Waals surface area contributed by atoms with E-state index in [1.165, 1.54) is 11.6 Å². The number of nitrogens with one attached hydrogen (secondary N) is 1. The summed E-state index contributed by atoms with van der Waals surface area (Å²) in [6.07, 6.45) is 5.86. The fourth-order valence-corrected chi connectivity index (χ4v) is 4.65. The quantitative estimate of drug-likeness (QED) is 0.829. The van der Waals surface area contributed by atoms with E-state index in [1.54, 1.807) is 18.3 Å².